The lowest BCUT2D eigenvalue weighted by Crippen LogP contribution is -2.09. The van der Waals surface area contributed by atoms with Crippen LogP contribution in [-0.2, 0) is 12.7 Å². The van der Waals surface area contributed by atoms with Crippen molar-refractivity contribution in [2.75, 3.05) is 5.32 Å². The van der Waals surface area contributed by atoms with E-state index < -0.39 is 17.7 Å². The average molecular weight is 297 g/mol. The lowest BCUT2D eigenvalue weighted by molar-refractivity contribution is -0.137. The molecule has 1 aromatic heterocycles. The third kappa shape index (κ3) is 3.91. The molecule has 110 valence electrons. The maximum absolute atomic E-state index is 12.6. The van der Waals surface area contributed by atoms with Crippen LogP contribution in [0.2, 0.25) is 0 Å². The van der Waals surface area contributed by atoms with Crippen molar-refractivity contribution in [3.05, 3.63) is 53.3 Å². The number of rotatable bonds is 4. The van der Waals surface area contributed by atoms with Crippen molar-refractivity contribution in [1.29, 1.82) is 0 Å². The minimum absolute atomic E-state index is 0.0345. The number of halogens is 3. The van der Waals surface area contributed by atoms with Crippen LogP contribution >= 0.6 is 0 Å². The zero-order chi connectivity index (χ0) is 15.5. The first-order chi connectivity index (χ1) is 9.86. The van der Waals surface area contributed by atoms with Crippen LogP contribution in [-0.4, -0.2) is 21.0 Å². The number of carboxylic acids is 1. The smallest absolute Gasteiger partial charge is 0.416 e. The van der Waals surface area contributed by atoms with Gasteiger partial charge < -0.3 is 10.4 Å². The van der Waals surface area contributed by atoms with Crippen LogP contribution in [0.25, 0.3) is 0 Å². The molecule has 0 aliphatic carbocycles. The van der Waals surface area contributed by atoms with Gasteiger partial charge in [-0.2, -0.15) is 13.2 Å². The van der Waals surface area contributed by atoms with Gasteiger partial charge in [0, 0.05) is 12.7 Å². The van der Waals surface area contributed by atoms with E-state index in [9.17, 15) is 18.0 Å². The number of hydrogen-bond donors (Lipinski definition) is 2. The Labute approximate surface area is 117 Å². The highest BCUT2D eigenvalue weighted by molar-refractivity contribution is 5.85. The van der Waals surface area contributed by atoms with Crippen molar-refractivity contribution in [2.45, 2.75) is 12.7 Å². The van der Waals surface area contributed by atoms with Crippen molar-refractivity contribution in [1.82, 2.24) is 9.97 Å². The summed E-state index contributed by atoms with van der Waals surface area (Å²) in [4.78, 5) is 18.3. The summed E-state index contributed by atoms with van der Waals surface area (Å²) in [5.74, 6) is -1.17. The summed E-state index contributed by atoms with van der Waals surface area (Å²) in [5, 5.41) is 11.5. The van der Waals surface area contributed by atoms with Crippen LogP contribution in [0, 0.1) is 0 Å². The molecule has 5 nitrogen and oxygen atoms in total. The summed E-state index contributed by atoms with van der Waals surface area (Å²) in [6.45, 7) is 0.0486. The minimum atomic E-state index is -4.41. The number of anilines is 1. The van der Waals surface area contributed by atoms with Crippen LogP contribution in [0.4, 0.5) is 19.1 Å². The number of hydrogen-bond acceptors (Lipinski definition) is 4. The molecule has 0 bridgehead atoms. The van der Waals surface area contributed by atoms with E-state index in [2.05, 4.69) is 15.3 Å². The Morgan fingerprint density at radius 2 is 2.05 bits per heavy atom. The minimum Gasteiger partial charge on any atom is -0.477 e. The van der Waals surface area contributed by atoms with Gasteiger partial charge in [0.25, 0.3) is 0 Å². The summed E-state index contributed by atoms with van der Waals surface area (Å²) < 4.78 is 37.7. The lowest BCUT2D eigenvalue weighted by atomic mass is 10.1. The lowest BCUT2D eigenvalue weighted by Gasteiger charge is -2.09. The van der Waals surface area contributed by atoms with Crippen LogP contribution in [0.3, 0.4) is 0 Å². The van der Waals surface area contributed by atoms with E-state index in [-0.39, 0.29) is 18.2 Å². The second kappa shape index (κ2) is 5.78. The molecule has 0 fully saturated rings. The van der Waals surface area contributed by atoms with E-state index in [4.69, 9.17) is 5.11 Å². The normalized spacial score (nSPS) is 11.2. The van der Waals surface area contributed by atoms with Crippen LogP contribution in [0.5, 0.6) is 0 Å². The monoisotopic (exact) mass is 297 g/mol. The first-order valence-corrected chi connectivity index (χ1v) is 5.82. The Morgan fingerprint density at radius 1 is 1.29 bits per heavy atom. The average Bonchev–Trinajstić information content (AvgIpc) is 2.45. The first-order valence-electron chi connectivity index (χ1n) is 5.82. The third-order valence-electron chi connectivity index (χ3n) is 2.58. The Balaban J connectivity index is 2.10. The fourth-order valence-corrected chi connectivity index (χ4v) is 1.60. The number of nitrogens with one attached hydrogen (secondary N) is 1. The van der Waals surface area contributed by atoms with E-state index in [1.54, 1.807) is 0 Å². The highest BCUT2D eigenvalue weighted by Crippen LogP contribution is 2.29. The number of nitrogens with zero attached hydrogens (tertiary/aromatic N) is 2. The van der Waals surface area contributed by atoms with Crippen LogP contribution in [0.1, 0.15) is 21.6 Å². The van der Waals surface area contributed by atoms with E-state index in [1.165, 1.54) is 24.4 Å². The standard InChI is InChI=1S/C13H10F3N3O2/c14-13(15,16)9-3-1-2-8(6-9)7-18-12-17-5-4-10(19-12)11(20)21/h1-6H,7H2,(H,20,21)(H,17,18,19). The first kappa shape index (κ1) is 14.8. The highest BCUT2D eigenvalue weighted by Gasteiger charge is 2.30. The zero-order valence-corrected chi connectivity index (χ0v) is 10.6. The van der Waals surface area contributed by atoms with E-state index in [0.717, 1.165) is 12.1 Å². The molecule has 8 heteroatoms. The third-order valence-corrected chi connectivity index (χ3v) is 2.58. The van der Waals surface area contributed by atoms with Gasteiger partial charge in [0.15, 0.2) is 5.69 Å². The van der Waals surface area contributed by atoms with Crippen molar-refractivity contribution in [3.8, 4) is 0 Å². The molecule has 0 saturated heterocycles. The number of carbonyl (C=O) groups is 1. The summed E-state index contributed by atoms with van der Waals surface area (Å²) in [6, 6.07) is 6.02. The fourth-order valence-electron chi connectivity index (χ4n) is 1.60. The summed E-state index contributed by atoms with van der Waals surface area (Å²) >= 11 is 0. The van der Waals surface area contributed by atoms with Crippen LogP contribution < -0.4 is 5.32 Å². The molecule has 2 N–H and O–H groups in total. The van der Waals surface area contributed by atoms with E-state index in [1.807, 2.05) is 0 Å². The number of benzene rings is 1. The SMILES string of the molecule is O=C(O)c1ccnc(NCc2cccc(C(F)(F)F)c2)n1. The van der Waals surface area contributed by atoms with Crippen molar-refractivity contribution in [2.24, 2.45) is 0 Å². The molecule has 0 amide bonds. The number of carboxylic acid groups (broad SMARTS) is 1. The molecule has 0 atom stereocenters. The molecule has 0 spiro atoms. The molecule has 0 unspecified atom stereocenters. The van der Waals surface area contributed by atoms with Gasteiger partial charge >= 0.3 is 12.1 Å². The molecule has 1 heterocycles. The van der Waals surface area contributed by atoms with Crippen molar-refractivity contribution in [3.63, 3.8) is 0 Å². The van der Waals surface area contributed by atoms with Gasteiger partial charge in [0.1, 0.15) is 0 Å². The van der Waals surface area contributed by atoms with Gasteiger partial charge in [-0.3, -0.25) is 0 Å². The summed E-state index contributed by atoms with van der Waals surface area (Å²) in [7, 11) is 0. The Morgan fingerprint density at radius 3 is 2.71 bits per heavy atom. The molecule has 0 aliphatic heterocycles. The quantitative estimate of drug-likeness (QED) is 0.907. The molecule has 0 radical (unpaired) electrons. The second-order valence-electron chi connectivity index (χ2n) is 4.12. The van der Waals surface area contributed by atoms with Gasteiger partial charge in [-0.15, -0.1) is 0 Å². The van der Waals surface area contributed by atoms with Crippen molar-refractivity contribution >= 4 is 11.9 Å². The van der Waals surface area contributed by atoms with Crippen molar-refractivity contribution < 1.29 is 23.1 Å². The summed E-state index contributed by atoms with van der Waals surface area (Å²) in [6.07, 6.45) is -3.15. The maximum atomic E-state index is 12.6. The largest absolute Gasteiger partial charge is 0.477 e. The molecule has 2 rings (SSSR count). The predicted molar refractivity (Wildman–Crippen MR) is 67.8 cm³/mol. The molecule has 21 heavy (non-hydrogen) atoms. The number of aromatic carboxylic acids is 1. The summed E-state index contributed by atoms with van der Waals surface area (Å²) in [5.41, 5.74) is -0.562. The van der Waals surface area contributed by atoms with Crippen LogP contribution in [0.15, 0.2) is 36.5 Å². The molecule has 2 aromatic rings. The van der Waals surface area contributed by atoms with Gasteiger partial charge in [-0.05, 0) is 23.8 Å². The molecule has 1 aromatic carbocycles. The Hall–Kier alpha value is -2.64. The van der Waals surface area contributed by atoms with Gasteiger partial charge in [-0.1, -0.05) is 12.1 Å². The zero-order valence-electron chi connectivity index (χ0n) is 10.6. The second-order valence-corrected chi connectivity index (χ2v) is 4.12. The van der Waals surface area contributed by atoms with E-state index >= 15 is 0 Å². The fraction of sp³-hybridized carbons (Fsp3) is 0.154. The van der Waals surface area contributed by atoms with Gasteiger partial charge in [0.05, 0.1) is 5.56 Å². The highest BCUT2D eigenvalue weighted by atomic mass is 19.4. The molecular formula is C13H10F3N3O2. The predicted octanol–water partition coefficient (Wildman–Crippen LogP) is 2.81. The number of aromatic nitrogens is 2. The van der Waals surface area contributed by atoms with Gasteiger partial charge in [0.2, 0.25) is 5.95 Å². The maximum Gasteiger partial charge on any atom is 0.416 e. The van der Waals surface area contributed by atoms with Gasteiger partial charge in [-0.25, -0.2) is 14.8 Å². The Kier molecular flexibility index (Phi) is 4.06. The topological polar surface area (TPSA) is 75.1 Å². The van der Waals surface area contributed by atoms with E-state index in [0.29, 0.717) is 5.56 Å². The molecular weight excluding hydrogens is 287 g/mol. The molecule has 0 saturated carbocycles. The number of alkyl halides is 3. The Bertz CT molecular complexity index is 659. The molecule has 0 aliphatic rings.